The average Bonchev–Trinajstić information content (AvgIpc) is 2.80. The summed E-state index contributed by atoms with van der Waals surface area (Å²) in [7, 11) is 0. The zero-order valence-corrected chi connectivity index (χ0v) is 12.1. The molecule has 0 atom stereocenters. The molecule has 0 aliphatic carbocycles. The van der Waals surface area contributed by atoms with E-state index in [1.807, 2.05) is 35.0 Å². The zero-order valence-electron chi connectivity index (χ0n) is 10.5. The molecular formula is C16H10BrFN2. The van der Waals surface area contributed by atoms with Gasteiger partial charge in [-0.05, 0) is 47.3 Å². The van der Waals surface area contributed by atoms with Crippen molar-refractivity contribution in [1.29, 1.82) is 5.26 Å². The van der Waals surface area contributed by atoms with E-state index < -0.39 is 0 Å². The predicted molar refractivity (Wildman–Crippen MR) is 79.9 cm³/mol. The number of hydrogen-bond donors (Lipinski definition) is 0. The van der Waals surface area contributed by atoms with E-state index in [0.29, 0.717) is 12.1 Å². The molecule has 0 unspecified atom stereocenters. The first kappa shape index (κ1) is 12.9. The number of benzene rings is 2. The van der Waals surface area contributed by atoms with Crippen LogP contribution in [0.3, 0.4) is 0 Å². The number of rotatable bonds is 2. The molecule has 3 rings (SSSR count). The molecule has 0 bridgehead atoms. The van der Waals surface area contributed by atoms with Crippen molar-refractivity contribution >= 4 is 26.8 Å². The molecule has 0 saturated heterocycles. The molecule has 0 saturated carbocycles. The van der Waals surface area contributed by atoms with E-state index in [1.54, 1.807) is 6.07 Å². The number of fused-ring (bicyclic) bond motifs is 1. The Hall–Kier alpha value is -2.12. The van der Waals surface area contributed by atoms with Crippen molar-refractivity contribution in [2.24, 2.45) is 0 Å². The van der Waals surface area contributed by atoms with Crippen molar-refractivity contribution in [3.05, 3.63) is 70.1 Å². The normalized spacial score (nSPS) is 10.7. The largest absolute Gasteiger partial charge is 0.343 e. The van der Waals surface area contributed by atoms with Crippen LogP contribution in [0.4, 0.5) is 4.39 Å². The number of nitriles is 1. The summed E-state index contributed by atoms with van der Waals surface area (Å²) in [6.45, 7) is 0.564. The summed E-state index contributed by atoms with van der Waals surface area (Å²) in [5, 5.41) is 10.0. The maximum atomic E-state index is 13.4. The van der Waals surface area contributed by atoms with Crippen molar-refractivity contribution in [1.82, 2.24) is 4.57 Å². The summed E-state index contributed by atoms with van der Waals surface area (Å²) in [6.07, 6.45) is 1.95. The highest BCUT2D eigenvalue weighted by atomic mass is 79.9. The molecule has 0 spiro atoms. The lowest BCUT2D eigenvalue weighted by atomic mass is 10.2. The summed E-state index contributed by atoms with van der Waals surface area (Å²) in [5.74, 6) is -0.261. The molecule has 0 fully saturated rings. The van der Waals surface area contributed by atoms with E-state index in [2.05, 4.69) is 22.0 Å². The van der Waals surface area contributed by atoms with Gasteiger partial charge in [0.15, 0.2) is 0 Å². The predicted octanol–water partition coefficient (Wildman–Crippen LogP) is 4.46. The van der Waals surface area contributed by atoms with Crippen molar-refractivity contribution in [2.45, 2.75) is 6.54 Å². The van der Waals surface area contributed by atoms with Crippen molar-refractivity contribution in [3.63, 3.8) is 0 Å². The van der Waals surface area contributed by atoms with Crippen molar-refractivity contribution in [2.75, 3.05) is 0 Å². The number of hydrogen-bond acceptors (Lipinski definition) is 1. The Balaban J connectivity index is 2.04. The second-order valence-electron chi connectivity index (χ2n) is 4.61. The molecule has 98 valence electrons. The van der Waals surface area contributed by atoms with E-state index >= 15 is 0 Å². The van der Waals surface area contributed by atoms with E-state index in [4.69, 9.17) is 5.26 Å². The molecule has 3 aromatic rings. The van der Waals surface area contributed by atoms with Gasteiger partial charge in [-0.25, -0.2) is 4.39 Å². The Labute approximate surface area is 124 Å². The fourth-order valence-corrected chi connectivity index (χ4v) is 2.80. The minimum absolute atomic E-state index is 0.261. The lowest BCUT2D eigenvalue weighted by molar-refractivity contribution is 0.623. The number of halogens is 2. The highest BCUT2D eigenvalue weighted by Crippen LogP contribution is 2.21. The van der Waals surface area contributed by atoms with Crippen LogP contribution in [0.25, 0.3) is 10.9 Å². The quantitative estimate of drug-likeness (QED) is 0.682. The summed E-state index contributed by atoms with van der Waals surface area (Å²) >= 11 is 3.30. The third kappa shape index (κ3) is 2.45. The molecule has 0 aliphatic rings. The van der Waals surface area contributed by atoms with Crippen LogP contribution < -0.4 is 0 Å². The Morgan fingerprint density at radius 2 is 2.00 bits per heavy atom. The second kappa shape index (κ2) is 5.10. The first-order chi connectivity index (χ1) is 9.65. The maximum Gasteiger partial charge on any atom is 0.124 e. The van der Waals surface area contributed by atoms with Gasteiger partial charge in [0.2, 0.25) is 0 Å². The molecule has 0 amide bonds. The third-order valence-electron chi connectivity index (χ3n) is 3.18. The van der Waals surface area contributed by atoms with Crippen LogP contribution in [0.15, 0.2) is 53.1 Å². The monoisotopic (exact) mass is 328 g/mol. The number of aromatic nitrogens is 1. The molecule has 0 N–H and O–H groups in total. The highest BCUT2D eigenvalue weighted by molar-refractivity contribution is 9.10. The summed E-state index contributed by atoms with van der Waals surface area (Å²) in [5.41, 5.74) is 2.47. The lowest BCUT2D eigenvalue weighted by Crippen LogP contribution is -1.98. The first-order valence-electron chi connectivity index (χ1n) is 6.10. The summed E-state index contributed by atoms with van der Waals surface area (Å²) in [4.78, 5) is 0. The lowest BCUT2D eigenvalue weighted by Gasteiger charge is -2.07. The highest BCUT2D eigenvalue weighted by Gasteiger charge is 2.05. The van der Waals surface area contributed by atoms with Crippen LogP contribution in [-0.4, -0.2) is 4.57 Å². The maximum absolute atomic E-state index is 13.4. The van der Waals surface area contributed by atoms with Gasteiger partial charge in [-0.15, -0.1) is 0 Å². The van der Waals surface area contributed by atoms with Crippen LogP contribution in [0.5, 0.6) is 0 Å². The van der Waals surface area contributed by atoms with Gasteiger partial charge in [-0.2, -0.15) is 5.26 Å². The topological polar surface area (TPSA) is 28.7 Å². The molecule has 1 heterocycles. The molecule has 2 nitrogen and oxygen atoms in total. The van der Waals surface area contributed by atoms with E-state index in [0.717, 1.165) is 20.9 Å². The Kier molecular flexibility index (Phi) is 3.29. The fourth-order valence-electron chi connectivity index (χ4n) is 2.29. The second-order valence-corrected chi connectivity index (χ2v) is 5.52. The van der Waals surface area contributed by atoms with Gasteiger partial charge in [-0.3, -0.25) is 0 Å². The minimum atomic E-state index is -0.261. The van der Waals surface area contributed by atoms with Crippen LogP contribution in [-0.2, 0) is 6.54 Å². The Morgan fingerprint density at radius 1 is 1.15 bits per heavy atom. The molecule has 2 aromatic carbocycles. The zero-order chi connectivity index (χ0) is 14.1. The minimum Gasteiger partial charge on any atom is -0.343 e. The van der Waals surface area contributed by atoms with Gasteiger partial charge in [0.1, 0.15) is 5.82 Å². The van der Waals surface area contributed by atoms with Crippen LogP contribution >= 0.6 is 15.9 Å². The third-order valence-corrected chi connectivity index (χ3v) is 3.64. The van der Waals surface area contributed by atoms with Crippen LogP contribution in [0.2, 0.25) is 0 Å². The van der Waals surface area contributed by atoms with Gasteiger partial charge in [0.05, 0.1) is 11.6 Å². The standard InChI is InChI=1S/C16H10BrFN2/c17-14-5-12(6-15(18)8-14)10-20-4-3-13-2-1-11(9-19)7-16(13)20/h1-8H,10H2. The van der Waals surface area contributed by atoms with E-state index in [-0.39, 0.29) is 5.82 Å². The van der Waals surface area contributed by atoms with Crippen LogP contribution in [0, 0.1) is 17.1 Å². The molecular weight excluding hydrogens is 319 g/mol. The molecule has 20 heavy (non-hydrogen) atoms. The van der Waals surface area contributed by atoms with Gasteiger partial charge >= 0.3 is 0 Å². The smallest absolute Gasteiger partial charge is 0.124 e. The van der Waals surface area contributed by atoms with Crippen molar-refractivity contribution in [3.8, 4) is 6.07 Å². The summed E-state index contributed by atoms with van der Waals surface area (Å²) in [6, 6.07) is 14.5. The summed E-state index contributed by atoms with van der Waals surface area (Å²) < 4.78 is 16.1. The van der Waals surface area contributed by atoms with Gasteiger partial charge in [0, 0.05) is 22.7 Å². The van der Waals surface area contributed by atoms with Gasteiger partial charge in [-0.1, -0.05) is 22.0 Å². The first-order valence-corrected chi connectivity index (χ1v) is 6.89. The SMILES string of the molecule is N#Cc1ccc2ccn(Cc3cc(F)cc(Br)c3)c2c1. The van der Waals surface area contributed by atoms with Gasteiger partial charge in [0.25, 0.3) is 0 Å². The average molecular weight is 329 g/mol. The fraction of sp³-hybridized carbons (Fsp3) is 0.0625. The van der Waals surface area contributed by atoms with E-state index in [1.165, 1.54) is 12.1 Å². The molecule has 0 aliphatic heterocycles. The Bertz CT molecular complexity index is 810. The molecule has 0 radical (unpaired) electrons. The van der Waals surface area contributed by atoms with E-state index in [9.17, 15) is 4.39 Å². The van der Waals surface area contributed by atoms with Gasteiger partial charge < -0.3 is 4.57 Å². The number of nitrogens with zero attached hydrogens (tertiary/aromatic N) is 2. The van der Waals surface area contributed by atoms with Crippen molar-refractivity contribution < 1.29 is 4.39 Å². The molecule has 1 aromatic heterocycles. The molecule has 4 heteroatoms. The Morgan fingerprint density at radius 3 is 2.75 bits per heavy atom. The van der Waals surface area contributed by atoms with Crippen LogP contribution in [0.1, 0.15) is 11.1 Å².